The van der Waals surface area contributed by atoms with Crippen LogP contribution in [0.25, 0.3) is 0 Å². The average Bonchev–Trinajstić information content (AvgIpc) is 2.18. The summed E-state index contributed by atoms with van der Waals surface area (Å²) in [7, 11) is 0. The number of carbonyl (C=O) groups excluding carboxylic acids is 1. The van der Waals surface area contributed by atoms with Gasteiger partial charge in [0, 0.05) is 12.8 Å². The Kier molecular flexibility index (Phi) is 2.62. The van der Waals surface area contributed by atoms with Crippen molar-refractivity contribution in [2.45, 2.75) is 31.6 Å². The molecule has 1 aromatic carbocycles. The van der Waals surface area contributed by atoms with Crippen molar-refractivity contribution in [2.24, 2.45) is 0 Å². The highest BCUT2D eigenvalue weighted by Gasteiger charge is 2.20. The quantitative estimate of drug-likeness (QED) is 0.668. The molecule has 0 radical (unpaired) electrons. The third-order valence-corrected chi connectivity index (χ3v) is 2.80. The topological polar surface area (TPSA) is 17.1 Å². The summed E-state index contributed by atoms with van der Waals surface area (Å²) in [4.78, 5) is 11.2. The van der Waals surface area contributed by atoms with Crippen molar-refractivity contribution in [1.82, 2.24) is 0 Å². The molecule has 74 valence electrons. The first kappa shape index (κ1) is 9.38. The molecular weight excluding hydrogens is 179 g/mol. The van der Waals surface area contributed by atoms with Crippen molar-refractivity contribution < 1.29 is 9.18 Å². The summed E-state index contributed by atoms with van der Waals surface area (Å²) < 4.78 is 12.9. The first-order valence-corrected chi connectivity index (χ1v) is 5.03. The maximum Gasteiger partial charge on any atom is 0.133 e. The predicted octanol–water partition coefficient (Wildman–Crippen LogP) is 3.05. The van der Waals surface area contributed by atoms with Crippen LogP contribution in [0.5, 0.6) is 0 Å². The summed E-state index contributed by atoms with van der Waals surface area (Å²) in [6.45, 7) is 0. The minimum atomic E-state index is -0.208. The van der Waals surface area contributed by atoms with Crippen molar-refractivity contribution in [3.63, 3.8) is 0 Å². The molecule has 1 aliphatic carbocycles. The minimum absolute atomic E-state index is 0.208. The van der Waals surface area contributed by atoms with Crippen LogP contribution in [-0.4, -0.2) is 5.78 Å². The van der Waals surface area contributed by atoms with Gasteiger partial charge in [-0.2, -0.15) is 0 Å². The van der Waals surface area contributed by atoms with Crippen LogP contribution in [0.1, 0.15) is 37.2 Å². The first-order valence-electron chi connectivity index (χ1n) is 5.03. The summed E-state index contributed by atoms with van der Waals surface area (Å²) in [6.07, 6.45) is 3.24. The van der Waals surface area contributed by atoms with Crippen LogP contribution in [-0.2, 0) is 4.79 Å². The molecule has 14 heavy (non-hydrogen) atoms. The second kappa shape index (κ2) is 3.91. The molecule has 1 unspecified atom stereocenters. The van der Waals surface area contributed by atoms with Gasteiger partial charge in [0.25, 0.3) is 0 Å². The van der Waals surface area contributed by atoms with E-state index in [1.165, 1.54) is 6.07 Å². The highest BCUT2D eigenvalue weighted by molar-refractivity contribution is 5.80. The van der Waals surface area contributed by atoms with Crippen LogP contribution < -0.4 is 0 Å². The number of carbonyl (C=O) groups is 1. The molecule has 2 heteroatoms. The van der Waals surface area contributed by atoms with Gasteiger partial charge >= 0.3 is 0 Å². The lowest BCUT2D eigenvalue weighted by molar-refractivity contribution is -0.120. The van der Waals surface area contributed by atoms with Crippen molar-refractivity contribution in [3.05, 3.63) is 35.6 Å². The van der Waals surface area contributed by atoms with Crippen LogP contribution in [0.15, 0.2) is 24.3 Å². The van der Waals surface area contributed by atoms with Crippen molar-refractivity contribution in [3.8, 4) is 0 Å². The largest absolute Gasteiger partial charge is 0.300 e. The highest BCUT2D eigenvalue weighted by Crippen LogP contribution is 2.30. The van der Waals surface area contributed by atoms with E-state index in [0.29, 0.717) is 18.6 Å². The maximum absolute atomic E-state index is 12.9. The normalized spacial score (nSPS) is 22.4. The Morgan fingerprint density at radius 3 is 2.93 bits per heavy atom. The van der Waals surface area contributed by atoms with Crippen LogP contribution in [0.2, 0.25) is 0 Å². The zero-order valence-corrected chi connectivity index (χ0v) is 8.00. The van der Waals surface area contributed by atoms with Gasteiger partial charge in [-0.25, -0.2) is 4.39 Å². The van der Waals surface area contributed by atoms with E-state index in [0.717, 1.165) is 18.4 Å². The smallest absolute Gasteiger partial charge is 0.133 e. The summed E-state index contributed by atoms with van der Waals surface area (Å²) in [5, 5.41) is 0. The zero-order chi connectivity index (χ0) is 9.97. The number of rotatable bonds is 1. The number of Topliss-reactive ketones (excluding diaryl/α,β-unsaturated/α-hetero) is 1. The van der Waals surface area contributed by atoms with Crippen LogP contribution in [0, 0.1) is 5.82 Å². The highest BCUT2D eigenvalue weighted by atomic mass is 19.1. The van der Waals surface area contributed by atoms with Crippen LogP contribution >= 0.6 is 0 Å². The second-order valence-corrected chi connectivity index (χ2v) is 3.89. The Hall–Kier alpha value is -1.18. The van der Waals surface area contributed by atoms with Gasteiger partial charge in [-0.15, -0.1) is 0 Å². The van der Waals surface area contributed by atoms with Crippen molar-refractivity contribution in [1.29, 1.82) is 0 Å². The fourth-order valence-electron chi connectivity index (χ4n) is 2.07. The molecule has 1 atom stereocenters. The van der Waals surface area contributed by atoms with Gasteiger partial charge in [0.1, 0.15) is 11.6 Å². The van der Waals surface area contributed by atoms with E-state index in [2.05, 4.69) is 0 Å². The van der Waals surface area contributed by atoms with E-state index in [4.69, 9.17) is 0 Å². The Morgan fingerprint density at radius 1 is 1.36 bits per heavy atom. The van der Waals surface area contributed by atoms with Gasteiger partial charge in [-0.3, -0.25) is 4.79 Å². The SMILES string of the molecule is O=C1CCCC(c2cccc(F)c2)C1. The predicted molar refractivity (Wildman–Crippen MR) is 52.6 cm³/mol. The molecular formula is C12H13FO. The molecule has 2 rings (SSSR count). The Labute approximate surface area is 82.9 Å². The molecule has 0 heterocycles. The lowest BCUT2D eigenvalue weighted by atomic mass is 9.83. The average molecular weight is 192 g/mol. The Balaban J connectivity index is 2.17. The number of hydrogen-bond donors (Lipinski definition) is 0. The van der Waals surface area contributed by atoms with Crippen LogP contribution in [0.3, 0.4) is 0 Å². The van der Waals surface area contributed by atoms with Gasteiger partial charge in [0.2, 0.25) is 0 Å². The molecule has 0 N–H and O–H groups in total. The standard InChI is InChI=1S/C12H13FO/c13-11-5-1-3-9(7-11)10-4-2-6-12(14)8-10/h1,3,5,7,10H,2,4,6,8H2. The molecule has 1 aromatic rings. The molecule has 0 aliphatic heterocycles. The van der Waals surface area contributed by atoms with E-state index in [9.17, 15) is 9.18 Å². The van der Waals surface area contributed by atoms with Crippen molar-refractivity contribution >= 4 is 5.78 Å². The lowest BCUT2D eigenvalue weighted by Crippen LogP contribution is -2.13. The Morgan fingerprint density at radius 2 is 2.21 bits per heavy atom. The molecule has 1 fully saturated rings. The van der Waals surface area contributed by atoms with Crippen LogP contribution in [0.4, 0.5) is 4.39 Å². The van der Waals surface area contributed by atoms with E-state index in [1.807, 2.05) is 6.07 Å². The third-order valence-electron chi connectivity index (χ3n) is 2.80. The number of benzene rings is 1. The number of halogens is 1. The monoisotopic (exact) mass is 192 g/mol. The summed E-state index contributed by atoms with van der Waals surface area (Å²) in [5.74, 6) is 0.345. The van der Waals surface area contributed by atoms with Gasteiger partial charge in [-0.05, 0) is 36.5 Å². The molecule has 0 amide bonds. The third kappa shape index (κ3) is 2.00. The molecule has 1 nitrogen and oxygen atoms in total. The molecule has 1 aliphatic rings. The molecule has 0 spiro atoms. The van der Waals surface area contributed by atoms with Gasteiger partial charge < -0.3 is 0 Å². The maximum atomic E-state index is 12.9. The summed E-state index contributed by atoms with van der Waals surface area (Å²) >= 11 is 0. The van der Waals surface area contributed by atoms with Gasteiger partial charge in [0.15, 0.2) is 0 Å². The first-order chi connectivity index (χ1) is 6.75. The zero-order valence-electron chi connectivity index (χ0n) is 8.00. The molecule has 0 bridgehead atoms. The fraction of sp³-hybridized carbons (Fsp3) is 0.417. The van der Waals surface area contributed by atoms with E-state index >= 15 is 0 Å². The number of hydrogen-bond acceptors (Lipinski definition) is 1. The number of ketones is 1. The molecule has 0 saturated heterocycles. The summed E-state index contributed by atoms with van der Waals surface area (Å²) in [5.41, 5.74) is 0.970. The fourth-order valence-corrected chi connectivity index (χ4v) is 2.07. The van der Waals surface area contributed by atoms with E-state index < -0.39 is 0 Å². The van der Waals surface area contributed by atoms with E-state index in [-0.39, 0.29) is 11.7 Å². The second-order valence-electron chi connectivity index (χ2n) is 3.89. The van der Waals surface area contributed by atoms with Gasteiger partial charge in [0.05, 0.1) is 0 Å². The van der Waals surface area contributed by atoms with E-state index in [1.54, 1.807) is 12.1 Å². The van der Waals surface area contributed by atoms with Gasteiger partial charge in [-0.1, -0.05) is 12.1 Å². The lowest BCUT2D eigenvalue weighted by Gasteiger charge is -2.20. The molecule has 0 aromatic heterocycles. The summed E-state index contributed by atoms with van der Waals surface area (Å²) in [6, 6.07) is 6.60. The van der Waals surface area contributed by atoms with Crippen molar-refractivity contribution in [2.75, 3.05) is 0 Å². The minimum Gasteiger partial charge on any atom is -0.300 e. The Bertz CT molecular complexity index is 346. The molecule has 1 saturated carbocycles.